The first kappa shape index (κ1) is 14.4. The molecule has 3 nitrogen and oxygen atoms in total. The summed E-state index contributed by atoms with van der Waals surface area (Å²) in [5.74, 6) is 0.570. The Labute approximate surface area is 120 Å². The minimum absolute atomic E-state index is 0. The summed E-state index contributed by atoms with van der Waals surface area (Å²) in [4.78, 5) is 14.1. The first-order valence-electron chi connectivity index (χ1n) is 6.88. The van der Waals surface area contributed by atoms with E-state index in [-0.39, 0.29) is 18.3 Å². The zero-order valence-electron chi connectivity index (χ0n) is 11.0. The maximum atomic E-state index is 11.5. The topological polar surface area (TPSA) is 46.3 Å². The van der Waals surface area contributed by atoms with Crippen LogP contribution in [0.15, 0.2) is 24.3 Å². The van der Waals surface area contributed by atoms with Crippen molar-refractivity contribution < 1.29 is 4.79 Å². The van der Waals surface area contributed by atoms with Crippen molar-refractivity contribution in [3.8, 4) is 0 Å². The van der Waals surface area contributed by atoms with Gasteiger partial charge in [0, 0.05) is 18.2 Å². The summed E-state index contributed by atoms with van der Waals surface area (Å²) in [6, 6.07) is 8.22. The van der Waals surface area contributed by atoms with E-state index in [4.69, 9.17) is 5.73 Å². The van der Waals surface area contributed by atoms with Crippen molar-refractivity contribution in [3.63, 3.8) is 0 Å². The van der Waals surface area contributed by atoms with Crippen LogP contribution >= 0.6 is 12.4 Å². The first-order valence-corrected chi connectivity index (χ1v) is 6.88. The first-order chi connectivity index (χ1) is 8.75. The molecule has 1 amide bonds. The van der Waals surface area contributed by atoms with Gasteiger partial charge >= 0.3 is 0 Å². The summed E-state index contributed by atoms with van der Waals surface area (Å²) in [7, 11) is 0. The number of benzene rings is 1. The van der Waals surface area contributed by atoms with Gasteiger partial charge in [0.2, 0.25) is 5.91 Å². The van der Waals surface area contributed by atoms with Gasteiger partial charge in [-0.15, -0.1) is 12.4 Å². The molecular weight excluding hydrogens is 260 g/mol. The van der Waals surface area contributed by atoms with E-state index in [0.717, 1.165) is 24.4 Å². The summed E-state index contributed by atoms with van der Waals surface area (Å²) >= 11 is 0. The largest absolute Gasteiger partial charge is 0.366 e. The van der Waals surface area contributed by atoms with Gasteiger partial charge in [-0.25, -0.2) is 0 Å². The van der Waals surface area contributed by atoms with Crippen LogP contribution in [0.2, 0.25) is 0 Å². The van der Waals surface area contributed by atoms with Crippen molar-refractivity contribution in [2.75, 3.05) is 13.1 Å². The van der Waals surface area contributed by atoms with Crippen LogP contribution < -0.4 is 5.73 Å². The molecule has 0 aromatic heterocycles. The molecule has 3 atom stereocenters. The third kappa shape index (κ3) is 2.77. The molecule has 0 radical (unpaired) electrons. The molecule has 0 saturated carbocycles. The summed E-state index contributed by atoms with van der Waals surface area (Å²) in [5, 5.41) is 0. The summed E-state index contributed by atoms with van der Waals surface area (Å²) in [5.41, 5.74) is 7.32. The number of nitrogens with zero attached hydrogens (tertiary/aromatic N) is 1. The number of nitrogens with two attached hydrogens (primary N) is 1. The molecule has 3 unspecified atom stereocenters. The molecule has 2 fully saturated rings. The lowest BCUT2D eigenvalue weighted by Crippen LogP contribution is -2.42. The number of hydrogen-bond donors (Lipinski definition) is 1. The van der Waals surface area contributed by atoms with Crippen molar-refractivity contribution in [1.29, 1.82) is 0 Å². The standard InChI is InChI=1S/C15H20N2O.ClH/c16-15(18)13-6-2-1-5-12(13)14-8-7-11-4-3-9-17(14)10-11;/h1-2,5-6,11,14H,3-4,7-10H2,(H2,16,18);1H. The van der Waals surface area contributed by atoms with Gasteiger partial charge < -0.3 is 5.73 Å². The van der Waals surface area contributed by atoms with E-state index < -0.39 is 0 Å². The highest BCUT2D eigenvalue weighted by molar-refractivity contribution is 5.94. The predicted octanol–water partition coefficient (Wildman–Crippen LogP) is 2.75. The van der Waals surface area contributed by atoms with Crippen LogP contribution in [0, 0.1) is 5.92 Å². The minimum Gasteiger partial charge on any atom is -0.366 e. The van der Waals surface area contributed by atoms with Gasteiger partial charge in [0.05, 0.1) is 0 Å². The third-order valence-electron chi connectivity index (χ3n) is 4.42. The lowest BCUT2D eigenvalue weighted by molar-refractivity contribution is 0.0663. The molecule has 4 heteroatoms. The van der Waals surface area contributed by atoms with Gasteiger partial charge in [0.15, 0.2) is 0 Å². The van der Waals surface area contributed by atoms with Crippen LogP contribution in [0.1, 0.15) is 47.6 Å². The van der Waals surface area contributed by atoms with Crippen molar-refractivity contribution in [1.82, 2.24) is 4.90 Å². The number of primary amides is 1. The van der Waals surface area contributed by atoms with Gasteiger partial charge in [0.25, 0.3) is 0 Å². The highest BCUT2D eigenvalue weighted by Crippen LogP contribution is 2.38. The zero-order valence-corrected chi connectivity index (χ0v) is 11.9. The van der Waals surface area contributed by atoms with Crippen molar-refractivity contribution in [2.24, 2.45) is 11.7 Å². The van der Waals surface area contributed by atoms with E-state index in [1.54, 1.807) is 0 Å². The van der Waals surface area contributed by atoms with Crippen LogP contribution in [-0.4, -0.2) is 23.9 Å². The Morgan fingerprint density at radius 3 is 2.79 bits per heavy atom. The molecule has 104 valence electrons. The molecular formula is C15H21ClN2O. The van der Waals surface area contributed by atoms with E-state index in [0.29, 0.717) is 11.6 Å². The molecule has 1 aromatic carbocycles. The number of fused-ring (bicyclic) bond motifs is 2. The summed E-state index contributed by atoms with van der Waals surface area (Å²) in [6.07, 6.45) is 5.11. The SMILES string of the molecule is Cl.NC(=O)c1ccccc1C1CCC2CCCN1C2. The Bertz CT molecular complexity index is 463. The monoisotopic (exact) mass is 280 g/mol. The Morgan fingerprint density at radius 1 is 1.21 bits per heavy atom. The predicted molar refractivity (Wildman–Crippen MR) is 78.5 cm³/mol. The molecule has 2 aliphatic rings. The smallest absolute Gasteiger partial charge is 0.249 e. The van der Waals surface area contributed by atoms with Crippen LogP contribution in [0.25, 0.3) is 0 Å². The summed E-state index contributed by atoms with van der Waals surface area (Å²) in [6.45, 7) is 2.35. The number of carbonyl (C=O) groups is 1. The van der Waals surface area contributed by atoms with E-state index in [1.807, 2.05) is 18.2 Å². The van der Waals surface area contributed by atoms with Crippen molar-refractivity contribution in [3.05, 3.63) is 35.4 Å². The van der Waals surface area contributed by atoms with Crippen LogP contribution in [0.3, 0.4) is 0 Å². The van der Waals surface area contributed by atoms with Crippen molar-refractivity contribution in [2.45, 2.75) is 31.7 Å². The molecule has 19 heavy (non-hydrogen) atoms. The molecule has 2 N–H and O–H groups in total. The molecule has 2 heterocycles. The number of halogens is 1. The maximum absolute atomic E-state index is 11.5. The molecule has 3 rings (SSSR count). The Kier molecular flexibility index (Phi) is 4.48. The van der Waals surface area contributed by atoms with Crippen LogP contribution in [0.4, 0.5) is 0 Å². The maximum Gasteiger partial charge on any atom is 0.249 e. The quantitative estimate of drug-likeness (QED) is 0.905. The lowest BCUT2D eigenvalue weighted by atomic mass is 9.82. The van der Waals surface area contributed by atoms with E-state index in [2.05, 4.69) is 11.0 Å². The highest BCUT2D eigenvalue weighted by Gasteiger charge is 2.33. The third-order valence-corrected chi connectivity index (χ3v) is 4.42. The zero-order chi connectivity index (χ0) is 12.5. The van der Waals surface area contributed by atoms with Gasteiger partial charge in [-0.2, -0.15) is 0 Å². The number of amides is 1. The fraction of sp³-hybridized carbons (Fsp3) is 0.533. The van der Waals surface area contributed by atoms with Crippen LogP contribution in [-0.2, 0) is 0 Å². The second kappa shape index (κ2) is 5.93. The van der Waals surface area contributed by atoms with Gasteiger partial charge in [-0.05, 0) is 49.8 Å². The average Bonchev–Trinajstić information content (AvgIpc) is 2.39. The number of carbonyl (C=O) groups excluding carboxylic acids is 1. The number of hydrogen-bond acceptors (Lipinski definition) is 2. The highest BCUT2D eigenvalue weighted by atomic mass is 35.5. The molecule has 2 aliphatic heterocycles. The average molecular weight is 281 g/mol. The van der Waals surface area contributed by atoms with Gasteiger partial charge in [0.1, 0.15) is 0 Å². The number of rotatable bonds is 2. The fourth-order valence-corrected chi connectivity index (χ4v) is 3.56. The van der Waals surface area contributed by atoms with E-state index in [1.165, 1.54) is 25.8 Å². The second-order valence-corrected chi connectivity index (χ2v) is 5.55. The summed E-state index contributed by atoms with van der Waals surface area (Å²) < 4.78 is 0. The molecule has 0 aliphatic carbocycles. The second-order valence-electron chi connectivity index (χ2n) is 5.55. The van der Waals surface area contributed by atoms with Gasteiger partial charge in [-0.1, -0.05) is 18.2 Å². The molecule has 2 bridgehead atoms. The van der Waals surface area contributed by atoms with Gasteiger partial charge in [-0.3, -0.25) is 9.69 Å². The van der Waals surface area contributed by atoms with E-state index >= 15 is 0 Å². The van der Waals surface area contributed by atoms with E-state index in [9.17, 15) is 4.79 Å². The molecule has 2 saturated heterocycles. The van der Waals surface area contributed by atoms with Crippen LogP contribution in [0.5, 0.6) is 0 Å². The molecule has 1 aromatic rings. The fourth-order valence-electron chi connectivity index (χ4n) is 3.56. The Morgan fingerprint density at radius 2 is 2.00 bits per heavy atom. The Balaban J connectivity index is 0.00000133. The molecule has 0 spiro atoms. The minimum atomic E-state index is -0.301. The number of piperidine rings is 2. The normalized spacial score (nSPS) is 29.4. The lowest BCUT2D eigenvalue weighted by Gasteiger charge is -2.44. The Hall–Kier alpha value is -1.06. The van der Waals surface area contributed by atoms with Crippen molar-refractivity contribution >= 4 is 18.3 Å².